The highest BCUT2D eigenvalue weighted by Crippen LogP contribution is 2.18. The van der Waals surface area contributed by atoms with Crippen LogP contribution in [0.1, 0.15) is 12.8 Å². The summed E-state index contributed by atoms with van der Waals surface area (Å²) in [5.41, 5.74) is 5.02. The molecule has 0 aromatic rings. The fourth-order valence-corrected chi connectivity index (χ4v) is 3.77. The lowest BCUT2D eigenvalue weighted by Gasteiger charge is -2.27. The average Bonchev–Trinajstić information content (AvgIpc) is 2.58. The number of hydrogen-bond donors (Lipinski definition) is 2. The number of amides is 2. The van der Waals surface area contributed by atoms with Crippen molar-refractivity contribution in [3.05, 3.63) is 0 Å². The molecule has 0 radical (unpaired) electrons. The summed E-state index contributed by atoms with van der Waals surface area (Å²) in [6.07, 6.45) is 0.455. The van der Waals surface area contributed by atoms with E-state index in [2.05, 4.69) is 12.6 Å². The summed E-state index contributed by atoms with van der Waals surface area (Å²) in [5, 5.41) is 0. The number of thiol groups is 1. The molecule has 0 unspecified atom stereocenters. The van der Waals surface area contributed by atoms with Gasteiger partial charge in [-0.25, -0.2) is 8.42 Å². The number of rotatable bonds is 5. The standard InChI is InChI=1S/C9H16N2O4S2/c10-8(12)1-3-11(9(13)5-16)7-2-4-17(14,15)6-7/h7,16H,1-6H2,(H2,10,12)/t7-/m0/s1. The zero-order valence-electron chi connectivity index (χ0n) is 9.33. The van der Waals surface area contributed by atoms with E-state index in [1.54, 1.807) is 0 Å². The van der Waals surface area contributed by atoms with Crippen molar-refractivity contribution >= 4 is 34.3 Å². The van der Waals surface area contributed by atoms with Gasteiger partial charge in [-0.3, -0.25) is 9.59 Å². The molecule has 0 aliphatic carbocycles. The van der Waals surface area contributed by atoms with E-state index >= 15 is 0 Å². The van der Waals surface area contributed by atoms with E-state index in [1.165, 1.54) is 4.90 Å². The zero-order chi connectivity index (χ0) is 13.1. The molecule has 1 fully saturated rings. The van der Waals surface area contributed by atoms with E-state index in [0.717, 1.165) is 0 Å². The molecule has 1 rings (SSSR count). The summed E-state index contributed by atoms with van der Waals surface area (Å²) in [6.45, 7) is 0.162. The Morgan fingerprint density at radius 1 is 1.41 bits per heavy atom. The van der Waals surface area contributed by atoms with Gasteiger partial charge in [0.1, 0.15) is 0 Å². The molecule has 0 aromatic heterocycles. The van der Waals surface area contributed by atoms with Crippen molar-refractivity contribution in [2.45, 2.75) is 18.9 Å². The smallest absolute Gasteiger partial charge is 0.232 e. The van der Waals surface area contributed by atoms with E-state index in [0.29, 0.717) is 6.42 Å². The van der Waals surface area contributed by atoms with Crippen LogP contribution < -0.4 is 5.73 Å². The molecule has 1 heterocycles. The minimum atomic E-state index is -3.06. The van der Waals surface area contributed by atoms with Crippen LogP contribution in [0.15, 0.2) is 0 Å². The summed E-state index contributed by atoms with van der Waals surface area (Å²) in [5.74, 6) is -0.731. The lowest BCUT2D eigenvalue weighted by Crippen LogP contribution is -2.43. The molecule has 98 valence electrons. The maximum absolute atomic E-state index is 11.6. The van der Waals surface area contributed by atoms with Gasteiger partial charge in [-0.2, -0.15) is 12.6 Å². The van der Waals surface area contributed by atoms with E-state index in [-0.39, 0.29) is 42.2 Å². The summed E-state index contributed by atoms with van der Waals surface area (Å²) in [4.78, 5) is 23.7. The first kappa shape index (κ1) is 14.3. The predicted octanol–water partition coefficient (Wildman–Crippen LogP) is -1.19. The molecular formula is C9H16N2O4S2. The minimum Gasteiger partial charge on any atom is -0.370 e. The lowest BCUT2D eigenvalue weighted by molar-refractivity contribution is -0.130. The molecule has 2 N–H and O–H groups in total. The average molecular weight is 280 g/mol. The summed E-state index contributed by atoms with van der Waals surface area (Å²) in [7, 11) is -3.06. The normalized spacial score (nSPS) is 22.3. The molecule has 1 saturated heterocycles. The van der Waals surface area contributed by atoms with Gasteiger partial charge in [0.2, 0.25) is 11.8 Å². The van der Waals surface area contributed by atoms with Crippen LogP contribution in [0.2, 0.25) is 0 Å². The predicted molar refractivity (Wildman–Crippen MR) is 66.4 cm³/mol. The zero-order valence-corrected chi connectivity index (χ0v) is 11.0. The van der Waals surface area contributed by atoms with Crippen LogP contribution in [0, 0.1) is 0 Å². The van der Waals surface area contributed by atoms with Crippen LogP contribution in [0.4, 0.5) is 0 Å². The van der Waals surface area contributed by atoms with E-state index < -0.39 is 15.7 Å². The van der Waals surface area contributed by atoms with E-state index in [1.807, 2.05) is 0 Å². The molecule has 1 aliphatic heterocycles. The van der Waals surface area contributed by atoms with Crippen molar-refractivity contribution in [1.29, 1.82) is 0 Å². The van der Waals surface area contributed by atoms with Gasteiger partial charge in [0.25, 0.3) is 0 Å². The first-order chi connectivity index (χ1) is 7.85. The number of nitrogens with two attached hydrogens (primary N) is 1. The number of hydrogen-bond acceptors (Lipinski definition) is 5. The van der Waals surface area contributed by atoms with Crippen LogP contribution in [-0.4, -0.2) is 55.0 Å². The fraction of sp³-hybridized carbons (Fsp3) is 0.778. The molecule has 2 amide bonds. The Bertz CT molecular complexity index is 407. The van der Waals surface area contributed by atoms with Gasteiger partial charge >= 0.3 is 0 Å². The molecule has 6 nitrogen and oxygen atoms in total. The van der Waals surface area contributed by atoms with Crippen LogP contribution in [0.25, 0.3) is 0 Å². The second-order valence-electron chi connectivity index (χ2n) is 4.02. The van der Waals surface area contributed by atoms with Gasteiger partial charge in [0.15, 0.2) is 9.84 Å². The molecular weight excluding hydrogens is 264 g/mol. The number of sulfone groups is 1. The summed E-state index contributed by atoms with van der Waals surface area (Å²) < 4.78 is 22.7. The Morgan fingerprint density at radius 2 is 2.06 bits per heavy atom. The molecule has 0 saturated carbocycles. The first-order valence-corrected chi connectivity index (χ1v) is 7.70. The van der Waals surface area contributed by atoms with Crippen LogP contribution in [0.5, 0.6) is 0 Å². The second-order valence-corrected chi connectivity index (χ2v) is 6.56. The highest BCUT2D eigenvalue weighted by molar-refractivity contribution is 7.91. The highest BCUT2D eigenvalue weighted by Gasteiger charge is 2.34. The molecule has 0 bridgehead atoms. The Balaban J connectivity index is 2.70. The first-order valence-electron chi connectivity index (χ1n) is 5.25. The van der Waals surface area contributed by atoms with Crippen molar-refractivity contribution in [2.24, 2.45) is 5.73 Å². The topological polar surface area (TPSA) is 97.5 Å². The van der Waals surface area contributed by atoms with E-state index in [9.17, 15) is 18.0 Å². The van der Waals surface area contributed by atoms with Crippen molar-refractivity contribution < 1.29 is 18.0 Å². The third-order valence-electron chi connectivity index (χ3n) is 2.70. The summed E-state index contributed by atoms with van der Waals surface area (Å²) >= 11 is 3.88. The maximum Gasteiger partial charge on any atom is 0.232 e. The largest absolute Gasteiger partial charge is 0.370 e. The second kappa shape index (κ2) is 5.72. The molecule has 8 heteroatoms. The Morgan fingerprint density at radius 3 is 2.47 bits per heavy atom. The molecule has 1 aliphatic rings. The van der Waals surface area contributed by atoms with Gasteiger partial charge in [-0.1, -0.05) is 0 Å². The minimum absolute atomic E-state index is 0.00465. The SMILES string of the molecule is NC(=O)CCN(C(=O)CS)[C@H]1CCS(=O)(=O)C1. The third-order valence-corrected chi connectivity index (χ3v) is 4.72. The number of carbonyl (C=O) groups excluding carboxylic acids is 2. The van der Waals surface area contributed by atoms with Crippen molar-refractivity contribution in [2.75, 3.05) is 23.8 Å². The van der Waals surface area contributed by atoms with Gasteiger partial charge in [-0.15, -0.1) is 0 Å². The molecule has 1 atom stereocenters. The number of nitrogens with zero attached hydrogens (tertiary/aromatic N) is 1. The highest BCUT2D eigenvalue weighted by atomic mass is 32.2. The van der Waals surface area contributed by atoms with Gasteiger partial charge in [-0.05, 0) is 6.42 Å². The van der Waals surface area contributed by atoms with Crippen molar-refractivity contribution in [3.8, 4) is 0 Å². The monoisotopic (exact) mass is 280 g/mol. The molecule has 17 heavy (non-hydrogen) atoms. The quantitative estimate of drug-likeness (QED) is 0.619. The Kier molecular flexibility index (Phi) is 4.81. The Hall–Kier alpha value is -0.760. The molecule has 0 aromatic carbocycles. The van der Waals surface area contributed by atoms with Crippen molar-refractivity contribution in [3.63, 3.8) is 0 Å². The Labute approximate surface area is 106 Å². The lowest BCUT2D eigenvalue weighted by atomic mass is 10.2. The van der Waals surface area contributed by atoms with Gasteiger partial charge in [0.05, 0.1) is 17.3 Å². The summed E-state index contributed by atoms with van der Waals surface area (Å²) in [6, 6.07) is -0.348. The van der Waals surface area contributed by atoms with Crippen LogP contribution >= 0.6 is 12.6 Å². The van der Waals surface area contributed by atoms with Gasteiger partial charge in [0, 0.05) is 19.0 Å². The van der Waals surface area contributed by atoms with Crippen LogP contribution in [0.3, 0.4) is 0 Å². The number of primary amides is 1. The van der Waals surface area contributed by atoms with Crippen LogP contribution in [-0.2, 0) is 19.4 Å². The maximum atomic E-state index is 11.6. The number of carbonyl (C=O) groups is 2. The van der Waals surface area contributed by atoms with E-state index in [4.69, 9.17) is 5.73 Å². The van der Waals surface area contributed by atoms with Crippen molar-refractivity contribution in [1.82, 2.24) is 4.90 Å². The molecule has 0 spiro atoms. The third kappa shape index (κ3) is 4.19. The van der Waals surface area contributed by atoms with Gasteiger partial charge < -0.3 is 10.6 Å². The fourth-order valence-electron chi connectivity index (χ4n) is 1.85.